The number of hydrogen-bond donors (Lipinski definition) is 0. The van der Waals surface area contributed by atoms with Gasteiger partial charge >= 0.3 is 0 Å². The van der Waals surface area contributed by atoms with Crippen molar-refractivity contribution < 1.29 is 18.7 Å². The average Bonchev–Trinajstić information content (AvgIpc) is 2.59. The van der Waals surface area contributed by atoms with Crippen LogP contribution in [0.15, 0.2) is 42.0 Å². The van der Waals surface area contributed by atoms with Crippen LogP contribution in [-0.4, -0.2) is 19.5 Å². The van der Waals surface area contributed by atoms with Gasteiger partial charge in [0, 0.05) is 0 Å². The first-order valence-electron chi connectivity index (χ1n) is 7.43. The number of Topliss-reactive ketones (excluding diaryl/α,β-unsaturated/α-hetero) is 1. The number of allylic oxidation sites excluding steroid dienone is 1. The van der Waals surface area contributed by atoms with Crippen molar-refractivity contribution in [1.82, 2.24) is 0 Å². The molecule has 0 heterocycles. The molecule has 0 atom stereocenters. The van der Waals surface area contributed by atoms with Crippen LogP contribution in [-0.2, 0) is 0 Å². The largest absolute Gasteiger partial charge is 0.491 e. The number of nitriles is 1. The van der Waals surface area contributed by atoms with Crippen LogP contribution >= 0.6 is 11.6 Å². The number of ketones is 1. The van der Waals surface area contributed by atoms with E-state index in [2.05, 4.69) is 0 Å². The van der Waals surface area contributed by atoms with Gasteiger partial charge in [-0.05, 0) is 42.8 Å². The van der Waals surface area contributed by atoms with Crippen molar-refractivity contribution >= 4 is 23.5 Å². The Morgan fingerprint density at radius 3 is 2.68 bits per heavy atom. The number of carbonyl (C=O) groups is 1. The number of hydrogen-bond acceptors (Lipinski definition) is 4. The first-order chi connectivity index (χ1) is 12.0. The molecule has 0 bridgehead atoms. The van der Waals surface area contributed by atoms with E-state index in [1.807, 2.05) is 0 Å². The highest BCUT2D eigenvalue weighted by atomic mass is 35.5. The lowest BCUT2D eigenvalue weighted by Gasteiger charge is -2.12. The van der Waals surface area contributed by atoms with Gasteiger partial charge < -0.3 is 9.47 Å². The van der Waals surface area contributed by atoms with Crippen LogP contribution in [0.2, 0.25) is 5.02 Å². The fourth-order valence-electron chi connectivity index (χ4n) is 2.24. The minimum atomic E-state index is -0.703. The highest BCUT2D eigenvalue weighted by Crippen LogP contribution is 2.37. The molecule has 0 fully saturated rings. The maximum Gasteiger partial charge on any atom is 0.206 e. The maximum absolute atomic E-state index is 13.8. The van der Waals surface area contributed by atoms with Crippen LogP contribution in [0.3, 0.4) is 0 Å². The van der Waals surface area contributed by atoms with Crippen molar-refractivity contribution in [3.05, 3.63) is 63.9 Å². The normalized spacial score (nSPS) is 10.9. The minimum Gasteiger partial charge on any atom is -0.491 e. The van der Waals surface area contributed by atoms with Crippen molar-refractivity contribution in [2.24, 2.45) is 0 Å². The van der Waals surface area contributed by atoms with E-state index >= 15 is 0 Å². The van der Waals surface area contributed by atoms with E-state index in [1.165, 1.54) is 43.5 Å². The van der Waals surface area contributed by atoms with E-state index in [0.717, 1.165) is 0 Å². The van der Waals surface area contributed by atoms with E-state index in [0.29, 0.717) is 23.7 Å². The Morgan fingerprint density at radius 2 is 2.08 bits per heavy atom. The summed E-state index contributed by atoms with van der Waals surface area (Å²) in [5, 5.41) is 9.58. The van der Waals surface area contributed by atoms with Crippen molar-refractivity contribution in [2.75, 3.05) is 13.7 Å². The number of nitrogens with zero attached hydrogens (tertiary/aromatic N) is 1. The molecule has 0 N–H and O–H groups in total. The van der Waals surface area contributed by atoms with Crippen molar-refractivity contribution in [3.63, 3.8) is 0 Å². The third kappa shape index (κ3) is 4.17. The molecule has 0 radical (unpaired) electrons. The van der Waals surface area contributed by atoms with Gasteiger partial charge in [-0.15, -0.1) is 0 Å². The number of halogens is 2. The number of ether oxygens (including phenoxy) is 2. The van der Waals surface area contributed by atoms with Crippen LogP contribution in [0, 0.1) is 17.1 Å². The van der Waals surface area contributed by atoms with E-state index in [1.54, 1.807) is 19.1 Å². The summed E-state index contributed by atoms with van der Waals surface area (Å²) in [4.78, 5) is 12.4. The number of carbonyl (C=O) groups excluding carboxylic acids is 1. The third-order valence-corrected chi connectivity index (χ3v) is 3.61. The highest BCUT2D eigenvalue weighted by Gasteiger charge is 2.17. The molecule has 2 aromatic carbocycles. The molecule has 0 aliphatic carbocycles. The van der Waals surface area contributed by atoms with E-state index < -0.39 is 11.6 Å². The molecule has 128 valence electrons. The van der Waals surface area contributed by atoms with Crippen molar-refractivity contribution in [3.8, 4) is 17.6 Å². The smallest absolute Gasteiger partial charge is 0.206 e. The van der Waals surface area contributed by atoms with Gasteiger partial charge in [-0.2, -0.15) is 5.26 Å². The lowest BCUT2D eigenvalue weighted by molar-refractivity contribution is 0.103. The summed E-state index contributed by atoms with van der Waals surface area (Å²) < 4.78 is 24.4. The summed E-state index contributed by atoms with van der Waals surface area (Å²) in [5.74, 6) is -0.638. The van der Waals surface area contributed by atoms with Gasteiger partial charge in [0.05, 0.1) is 24.3 Å². The zero-order chi connectivity index (χ0) is 18.4. The van der Waals surface area contributed by atoms with Gasteiger partial charge in [0.15, 0.2) is 11.5 Å². The summed E-state index contributed by atoms with van der Waals surface area (Å²) in [7, 11) is 1.46. The Kier molecular flexibility index (Phi) is 6.15. The molecule has 6 heteroatoms. The summed E-state index contributed by atoms with van der Waals surface area (Å²) >= 11 is 6.16. The summed E-state index contributed by atoms with van der Waals surface area (Å²) in [6.45, 7) is 2.19. The predicted octanol–water partition coefficient (Wildman–Crippen LogP) is 4.68. The van der Waals surface area contributed by atoms with Crippen LogP contribution < -0.4 is 9.47 Å². The molecule has 4 nitrogen and oxygen atoms in total. The Labute approximate surface area is 150 Å². The maximum atomic E-state index is 13.8. The molecule has 0 saturated heterocycles. The zero-order valence-corrected chi connectivity index (χ0v) is 14.4. The lowest BCUT2D eigenvalue weighted by Crippen LogP contribution is -2.04. The van der Waals surface area contributed by atoms with E-state index in [4.69, 9.17) is 21.1 Å². The van der Waals surface area contributed by atoms with E-state index in [-0.39, 0.29) is 16.2 Å². The van der Waals surface area contributed by atoms with Gasteiger partial charge in [-0.1, -0.05) is 23.7 Å². The summed E-state index contributed by atoms with van der Waals surface area (Å²) in [6.07, 6.45) is 1.34. The highest BCUT2D eigenvalue weighted by molar-refractivity contribution is 6.32. The molecule has 0 saturated carbocycles. The first-order valence-corrected chi connectivity index (χ1v) is 7.81. The molecular weight excluding hydrogens is 345 g/mol. The van der Waals surface area contributed by atoms with Crippen LogP contribution in [0.5, 0.6) is 11.5 Å². The Hall–Kier alpha value is -2.84. The van der Waals surface area contributed by atoms with Crippen molar-refractivity contribution in [1.29, 1.82) is 5.26 Å². The molecular formula is C19H15ClFNO3. The topological polar surface area (TPSA) is 59.3 Å². The van der Waals surface area contributed by atoms with Gasteiger partial charge in [0.2, 0.25) is 5.78 Å². The Balaban J connectivity index is 2.48. The molecule has 0 aliphatic rings. The van der Waals surface area contributed by atoms with E-state index in [9.17, 15) is 14.4 Å². The fraction of sp³-hybridized carbons (Fsp3) is 0.158. The molecule has 0 spiro atoms. The quantitative estimate of drug-likeness (QED) is 0.427. The van der Waals surface area contributed by atoms with Crippen molar-refractivity contribution in [2.45, 2.75) is 6.92 Å². The number of rotatable bonds is 6. The van der Waals surface area contributed by atoms with Gasteiger partial charge in [0.1, 0.15) is 17.5 Å². The first kappa shape index (κ1) is 18.5. The second kappa shape index (κ2) is 8.32. The molecule has 0 unspecified atom stereocenters. The number of benzene rings is 2. The van der Waals surface area contributed by atoms with Gasteiger partial charge in [-0.25, -0.2) is 4.39 Å². The SMILES string of the molecule is CCOc1cc(/C=C(\C#N)C(=O)c2ccccc2F)cc(Cl)c1OC. The molecule has 0 aromatic heterocycles. The second-order valence-corrected chi connectivity index (χ2v) is 5.35. The molecule has 25 heavy (non-hydrogen) atoms. The molecule has 2 rings (SSSR count). The average molecular weight is 360 g/mol. The standard InChI is InChI=1S/C19H15ClFNO3/c1-3-25-17-10-12(9-15(20)19(17)24-2)8-13(11-22)18(23)14-6-4-5-7-16(14)21/h4-10H,3H2,1-2H3/b13-8+. The van der Waals surface area contributed by atoms with Crippen LogP contribution in [0.1, 0.15) is 22.8 Å². The lowest BCUT2D eigenvalue weighted by atomic mass is 10.0. The zero-order valence-electron chi connectivity index (χ0n) is 13.7. The fourth-order valence-corrected chi connectivity index (χ4v) is 2.53. The summed E-state index contributed by atoms with van der Waals surface area (Å²) in [5.41, 5.74) is 0.0872. The molecule has 0 aliphatic heterocycles. The third-order valence-electron chi connectivity index (χ3n) is 3.33. The monoisotopic (exact) mass is 359 g/mol. The van der Waals surface area contributed by atoms with Gasteiger partial charge in [0.25, 0.3) is 0 Å². The molecule has 0 amide bonds. The van der Waals surface area contributed by atoms with Crippen LogP contribution in [0.25, 0.3) is 6.08 Å². The predicted molar refractivity (Wildman–Crippen MR) is 93.5 cm³/mol. The Bertz CT molecular complexity index is 871. The minimum absolute atomic E-state index is 0.167. The molecule has 2 aromatic rings. The number of methoxy groups -OCH3 is 1. The van der Waals surface area contributed by atoms with Crippen LogP contribution in [0.4, 0.5) is 4.39 Å². The van der Waals surface area contributed by atoms with Gasteiger partial charge in [-0.3, -0.25) is 4.79 Å². The Morgan fingerprint density at radius 1 is 1.36 bits per heavy atom. The summed E-state index contributed by atoms with van der Waals surface area (Å²) in [6, 6.07) is 10.4. The second-order valence-electron chi connectivity index (χ2n) is 4.95.